The molecule has 0 spiro atoms. The number of benzene rings is 1. The lowest BCUT2D eigenvalue weighted by atomic mass is 9.85. The molecule has 2 rings (SSSR count). The number of halogens is 1. The molecule has 0 bridgehead atoms. The highest BCUT2D eigenvalue weighted by Crippen LogP contribution is 2.22. The molecular weight excluding hydrogens is 229 g/mol. The summed E-state index contributed by atoms with van der Waals surface area (Å²) >= 11 is 0. The summed E-state index contributed by atoms with van der Waals surface area (Å²) in [5.74, 6) is 0.644. The second-order valence-corrected chi connectivity index (χ2v) is 5.90. The molecular formula is C14H20FN3. The van der Waals surface area contributed by atoms with E-state index in [1.807, 2.05) is 11.6 Å². The van der Waals surface area contributed by atoms with Crippen molar-refractivity contribution in [1.82, 2.24) is 9.55 Å². The fraction of sp³-hybridized carbons (Fsp3) is 0.500. The molecule has 1 aromatic heterocycles. The minimum Gasteiger partial charge on any atom is -0.331 e. The maximum atomic E-state index is 13.2. The number of rotatable bonds is 2. The second-order valence-electron chi connectivity index (χ2n) is 5.90. The lowest BCUT2D eigenvalue weighted by Gasteiger charge is -2.26. The SMILES string of the molecule is Cn1c(CC(N)C(C)(C)C)nc2cc(F)ccc21. The molecule has 1 heterocycles. The van der Waals surface area contributed by atoms with Crippen molar-refractivity contribution in [2.75, 3.05) is 0 Å². The third-order valence-electron chi connectivity index (χ3n) is 3.45. The van der Waals surface area contributed by atoms with Crippen molar-refractivity contribution in [2.45, 2.75) is 33.2 Å². The van der Waals surface area contributed by atoms with E-state index in [4.69, 9.17) is 5.73 Å². The molecule has 18 heavy (non-hydrogen) atoms. The Bertz CT molecular complexity index is 566. The minimum absolute atomic E-state index is 0.0258. The van der Waals surface area contributed by atoms with Crippen molar-refractivity contribution in [3.63, 3.8) is 0 Å². The van der Waals surface area contributed by atoms with E-state index in [0.29, 0.717) is 11.9 Å². The highest BCUT2D eigenvalue weighted by Gasteiger charge is 2.23. The van der Waals surface area contributed by atoms with E-state index in [2.05, 4.69) is 25.8 Å². The second kappa shape index (κ2) is 4.35. The smallest absolute Gasteiger partial charge is 0.125 e. The normalized spacial score (nSPS) is 14.1. The summed E-state index contributed by atoms with van der Waals surface area (Å²) in [7, 11) is 1.94. The number of nitrogens with two attached hydrogens (primary N) is 1. The summed E-state index contributed by atoms with van der Waals surface area (Å²) in [6.07, 6.45) is 0.691. The van der Waals surface area contributed by atoms with Gasteiger partial charge in [0.05, 0.1) is 11.0 Å². The Balaban J connectivity index is 2.37. The van der Waals surface area contributed by atoms with E-state index >= 15 is 0 Å². The van der Waals surface area contributed by atoms with Crippen molar-refractivity contribution in [2.24, 2.45) is 18.2 Å². The Morgan fingerprint density at radius 2 is 2.06 bits per heavy atom. The molecule has 98 valence electrons. The Labute approximate surface area is 107 Å². The Morgan fingerprint density at radius 1 is 1.39 bits per heavy atom. The molecule has 0 saturated carbocycles. The van der Waals surface area contributed by atoms with Gasteiger partial charge in [0.1, 0.15) is 11.6 Å². The van der Waals surface area contributed by atoms with Crippen molar-refractivity contribution >= 4 is 11.0 Å². The van der Waals surface area contributed by atoms with Crippen LogP contribution in [0.4, 0.5) is 4.39 Å². The highest BCUT2D eigenvalue weighted by atomic mass is 19.1. The maximum Gasteiger partial charge on any atom is 0.125 e. The summed E-state index contributed by atoms with van der Waals surface area (Å²) in [4.78, 5) is 4.47. The van der Waals surface area contributed by atoms with Gasteiger partial charge in [-0.05, 0) is 17.5 Å². The monoisotopic (exact) mass is 249 g/mol. The zero-order valence-electron chi connectivity index (χ0n) is 11.4. The molecule has 0 radical (unpaired) electrons. The van der Waals surface area contributed by atoms with Gasteiger partial charge < -0.3 is 10.3 Å². The summed E-state index contributed by atoms with van der Waals surface area (Å²) < 4.78 is 15.1. The van der Waals surface area contributed by atoms with Gasteiger partial charge in [0.25, 0.3) is 0 Å². The largest absolute Gasteiger partial charge is 0.331 e. The fourth-order valence-corrected chi connectivity index (χ4v) is 1.91. The molecule has 1 unspecified atom stereocenters. The lowest BCUT2D eigenvalue weighted by Crippen LogP contribution is -2.37. The molecule has 1 atom stereocenters. The molecule has 2 N–H and O–H groups in total. The maximum absolute atomic E-state index is 13.2. The molecule has 4 heteroatoms. The van der Waals surface area contributed by atoms with Crippen molar-refractivity contribution in [1.29, 1.82) is 0 Å². The minimum atomic E-state index is -0.257. The molecule has 0 aliphatic carbocycles. The van der Waals surface area contributed by atoms with Gasteiger partial charge in [-0.1, -0.05) is 20.8 Å². The average Bonchev–Trinajstić information content (AvgIpc) is 2.54. The molecule has 2 aromatic rings. The van der Waals surface area contributed by atoms with Crippen LogP contribution in [-0.4, -0.2) is 15.6 Å². The van der Waals surface area contributed by atoms with Gasteiger partial charge in [0, 0.05) is 25.6 Å². The number of fused-ring (bicyclic) bond motifs is 1. The van der Waals surface area contributed by atoms with Crippen LogP contribution in [0.25, 0.3) is 11.0 Å². The Morgan fingerprint density at radius 3 is 2.67 bits per heavy atom. The number of hydrogen-bond acceptors (Lipinski definition) is 2. The van der Waals surface area contributed by atoms with Crippen molar-refractivity contribution < 1.29 is 4.39 Å². The summed E-state index contributed by atoms with van der Waals surface area (Å²) in [6, 6.07) is 4.70. The number of nitrogens with zero attached hydrogens (tertiary/aromatic N) is 2. The van der Waals surface area contributed by atoms with Crippen LogP contribution >= 0.6 is 0 Å². The van der Waals surface area contributed by atoms with Crippen LogP contribution in [0.3, 0.4) is 0 Å². The van der Waals surface area contributed by atoms with E-state index < -0.39 is 0 Å². The Hall–Kier alpha value is -1.42. The molecule has 0 fully saturated rings. The molecule has 0 aliphatic heterocycles. The average molecular weight is 249 g/mol. The van der Waals surface area contributed by atoms with E-state index in [-0.39, 0.29) is 17.3 Å². The van der Waals surface area contributed by atoms with Crippen LogP contribution in [0, 0.1) is 11.2 Å². The van der Waals surface area contributed by atoms with Crippen LogP contribution in [0.1, 0.15) is 26.6 Å². The van der Waals surface area contributed by atoms with E-state index in [1.54, 1.807) is 6.07 Å². The molecule has 3 nitrogen and oxygen atoms in total. The van der Waals surface area contributed by atoms with Gasteiger partial charge >= 0.3 is 0 Å². The zero-order valence-corrected chi connectivity index (χ0v) is 11.4. The van der Waals surface area contributed by atoms with Crippen LogP contribution in [-0.2, 0) is 13.5 Å². The topological polar surface area (TPSA) is 43.8 Å². The van der Waals surface area contributed by atoms with Gasteiger partial charge in [-0.3, -0.25) is 0 Å². The Kier molecular flexibility index (Phi) is 3.15. The van der Waals surface area contributed by atoms with E-state index in [9.17, 15) is 4.39 Å². The van der Waals surface area contributed by atoms with E-state index in [0.717, 1.165) is 11.3 Å². The predicted octanol–water partition coefficient (Wildman–Crippen LogP) is 2.63. The summed E-state index contributed by atoms with van der Waals surface area (Å²) in [6.45, 7) is 6.33. The first-order chi connectivity index (χ1) is 8.29. The first-order valence-corrected chi connectivity index (χ1v) is 6.15. The third kappa shape index (κ3) is 2.38. The van der Waals surface area contributed by atoms with Gasteiger partial charge in [-0.25, -0.2) is 9.37 Å². The van der Waals surface area contributed by atoms with Gasteiger partial charge in [0.15, 0.2) is 0 Å². The van der Waals surface area contributed by atoms with E-state index in [1.165, 1.54) is 12.1 Å². The first-order valence-electron chi connectivity index (χ1n) is 6.15. The number of aryl methyl sites for hydroxylation is 1. The van der Waals surface area contributed by atoms with Crippen LogP contribution in [0.2, 0.25) is 0 Å². The number of hydrogen-bond donors (Lipinski definition) is 1. The van der Waals surface area contributed by atoms with Gasteiger partial charge in [-0.15, -0.1) is 0 Å². The molecule has 1 aromatic carbocycles. The molecule has 0 aliphatic rings. The molecule has 0 amide bonds. The fourth-order valence-electron chi connectivity index (χ4n) is 1.91. The number of imidazole rings is 1. The summed E-state index contributed by atoms with van der Waals surface area (Å²) in [5, 5.41) is 0. The van der Waals surface area contributed by atoms with Gasteiger partial charge in [-0.2, -0.15) is 0 Å². The van der Waals surface area contributed by atoms with Crippen LogP contribution in [0.5, 0.6) is 0 Å². The van der Waals surface area contributed by atoms with Gasteiger partial charge in [0.2, 0.25) is 0 Å². The van der Waals surface area contributed by atoms with Crippen molar-refractivity contribution in [3.05, 3.63) is 29.8 Å². The molecule has 0 saturated heterocycles. The quantitative estimate of drug-likeness (QED) is 0.889. The van der Waals surface area contributed by atoms with Crippen molar-refractivity contribution in [3.8, 4) is 0 Å². The first kappa shape index (κ1) is 13.0. The van der Waals surface area contributed by atoms with Crippen LogP contribution < -0.4 is 5.73 Å². The third-order valence-corrected chi connectivity index (χ3v) is 3.45. The van der Waals surface area contributed by atoms with Crippen LogP contribution in [0.15, 0.2) is 18.2 Å². The zero-order chi connectivity index (χ0) is 13.5. The predicted molar refractivity (Wildman–Crippen MR) is 71.8 cm³/mol. The standard InChI is InChI=1S/C14H20FN3/c1-14(2,3)12(16)8-13-17-10-7-9(15)5-6-11(10)18(13)4/h5-7,12H,8,16H2,1-4H3. The lowest BCUT2D eigenvalue weighted by molar-refractivity contribution is 0.313. The summed E-state index contributed by atoms with van der Waals surface area (Å²) in [5.41, 5.74) is 7.83. The number of aromatic nitrogens is 2. The highest BCUT2D eigenvalue weighted by molar-refractivity contribution is 5.75.